The van der Waals surface area contributed by atoms with Crippen molar-refractivity contribution in [3.05, 3.63) is 21.8 Å². The lowest BCUT2D eigenvalue weighted by Gasteiger charge is -2.07. The van der Waals surface area contributed by atoms with Gasteiger partial charge in [-0.15, -0.1) is 0 Å². The molecule has 0 atom stereocenters. The van der Waals surface area contributed by atoms with E-state index in [0.717, 1.165) is 14.6 Å². The lowest BCUT2D eigenvalue weighted by Crippen LogP contribution is -1.98. The molecule has 1 aromatic carbocycles. The average molecular weight is 316 g/mol. The molecule has 0 bridgehead atoms. The highest BCUT2D eigenvalue weighted by molar-refractivity contribution is 14.1. The van der Waals surface area contributed by atoms with Gasteiger partial charge in [0.25, 0.3) is 11.8 Å². The zero-order chi connectivity index (χ0) is 10.8. The van der Waals surface area contributed by atoms with Crippen LogP contribution in [0.15, 0.2) is 18.2 Å². The fraction of sp³-hybridized carbons (Fsp3) is 0.200. The van der Waals surface area contributed by atoms with Crippen LogP contribution in [0.2, 0.25) is 0 Å². The molecule has 0 unspecified atom stereocenters. The first kappa shape index (κ1) is 10.4. The second-order valence-electron chi connectivity index (χ2n) is 2.85. The Balaban J connectivity index is 2.75. The number of rotatable bonds is 2. The monoisotopic (exact) mass is 316 g/mol. The van der Waals surface area contributed by atoms with Crippen molar-refractivity contribution in [1.82, 2.24) is 9.97 Å². The molecule has 78 valence electrons. The van der Waals surface area contributed by atoms with Gasteiger partial charge in [0.2, 0.25) is 0 Å². The third kappa shape index (κ3) is 1.83. The minimum absolute atomic E-state index is 0.409. The van der Waals surface area contributed by atoms with E-state index >= 15 is 0 Å². The van der Waals surface area contributed by atoms with Crippen molar-refractivity contribution in [1.29, 1.82) is 0 Å². The first-order chi connectivity index (χ1) is 7.26. The molecule has 1 aromatic heterocycles. The van der Waals surface area contributed by atoms with Crippen molar-refractivity contribution >= 4 is 33.6 Å². The quantitative estimate of drug-likeness (QED) is 0.797. The van der Waals surface area contributed by atoms with Gasteiger partial charge in [0.05, 0.1) is 19.7 Å². The van der Waals surface area contributed by atoms with Gasteiger partial charge in [0.1, 0.15) is 5.52 Å². The van der Waals surface area contributed by atoms with E-state index in [1.54, 1.807) is 14.2 Å². The molecule has 0 aliphatic heterocycles. The molecule has 2 aromatic rings. The number of aromatic nitrogens is 2. The van der Waals surface area contributed by atoms with Crippen LogP contribution in [0, 0.1) is 3.57 Å². The Kier molecular flexibility index (Phi) is 2.90. The highest BCUT2D eigenvalue weighted by Crippen LogP contribution is 2.26. The Morgan fingerprint density at radius 1 is 1.07 bits per heavy atom. The van der Waals surface area contributed by atoms with Crippen LogP contribution >= 0.6 is 22.6 Å². The van der Waals surface area contributed by atoms with Gasteiger partial charge >= 0.3 is 0 Å². The topological polar surface area (TPSA) is 44.2 Å². The Morgan fingerprint density at radius 2 is 1.73 bits per heavy atom. The smallest absolute Gasteiger partial charge is 0.278 e. The maximum atomic E-state index is 5.10. The molecule has 0 amide bonds. The van der Waals surface area contributed by atoms with E-state index in [9.17, 15) is 0 Å². The lowest BCUT2D eigenvalue weighted by atomic mass is 10.3. The number of methoxy groups -OCH3 is 2. The molecular formula is C10H9IN2O2. The van der Waals surface area contributed by atoms with Crippen LogP contribution in [-0.4, -0.2) is 24.2 Å². The molecule has 2 rings (SSSR count). The van der Waals surface area contributed by atoms with Gasteiger partial charge in [0, 0.05) is 3.57 Å². The SMILES string of the molecule is COc1nc2cccc(I)c2nc1OC. The Labute approximate surface area is 101 Å². The summed E-state index contributed by atoms with van der Waals surface area (Å²) in [5.74, 6) is 0.820. The molecule has 1 heterocycles. The summed E-state index contributed by atoms with van der Waals surface area (Å²) in [6.07, 6.45) is 0. The van der Waals surface area contributed by atoms with Crippen molar-refractivity contribution in [3.8, 4) is 11.8 Å². The first-order valence-corrected chi connectivity index (χ1v) is 5.38. The largest absolute Gasteiger partial charge is 0.477 e. The second-order valence-corrected chi connectivity index (χ2v) is 4.01. The van der Waals surface area contributed by atoms with Crippen molar-refractivity contribution in [3.63, 3.8) is 0 Å². The number of para-hydroxylation sites is 1. The number of fused-ring (bicyclic) bond motifs is 1. The Morgan fingerprint density at radius 3 is 2.40 bits per heavy atom. The van der Waals surface area contributed by atoms with Crippen LogP contribution in [0.25, 0.3) is 11.0 Å². The number of hydrogen-bond donors (Lipinski definition) is 0. The summed E-state index contributed by atoms with van der Waals surface area (Å²) in [6, 6.07) is 5.81. The van der Waals surface area contributed by atoms with Gasteiger partial charge in [0.15, 0.2) is 0 Å². The van der Waals surface area contributed by atoms with E-state index in [4.69, 9.17) is 9.47 Å². The number of halogens is 1. The Hall–Kier alpha value is -1.11. The van der Waals surface area contributed by atoms with Crippen LogP contribution in [0.5, 0.6) is 11.8 Å². The third-order valence-electron chi connectivity index (χ3n) is 1.97. The van der Waals surface area contributed by atoms with E-state index in [-0.39, 0.29) is 0 Å². The molecule has 4 nitrogen and oxygen atoms in total. The summed E-state index contributed by atoms with van der Waals surface area (Å²) in [5, 5.41) is 0. The third-order valence-corrected chi connectivity index (χ3v) is 2.84. The number of ether oxygens (including phenoxy) is 2. The predicted molar refractivity (Wildman–Crippen MR) is 65.4 cm³/mol. The van der Waals surface area contributed by atoms with Gasteiger partial charge < -0.3 is 9.47 Å². The molecule has 15 heavy (non-hydrogen) atoms. The average Bonchev–Trinajstić information content (AvgIpc) is 2.28. The van der Waals surface area contributed by atoms with Crippen LogP contribution in [0.4, 0.5) is 0 Å². The van der Waals surface area contributed by atoms with E-state index in [1.165, 1.54) is 0 Å². The summed E-state index contributed by atoms with van der Waals surface area (Å²) in [6.45, 7) is 0. The van der Waals surface area contributed by atoms with Gasteiger partial charge in [-0.25, -0.2) is 9.97 Å². The van der Waals surface area contributed by atoms with Gasteiger partial charge in [-0.3, -0.25) is 0 Å². The van der Waals surface area contributed by atoms with Crippen LogP contribution < -0.4 is 9.47 Å². The molecule has 0 fully saturated rings. The van der Waals surface area contributed by atoms with Crippen molar-refractivity contribution in [2.24, 2.45) is 0 Å². The maximum absolute atomic E-state index is 5.10. The number of hydrogen-bond acceptors (Lipinski definition) is 4. The van der Waals surface area contributed by atoms with Gasteiger partial charge in [-0.1, -0.05) is 6.07 Å². The van der Waals surface area contributed by atoms with Gasteiger partial charge in [-0.05, 0) is 34.7 Å². The molecule has 0 N–H and O–H groups in total. The van der Waals surface area contributed by atoms with Crippen molar-refractivity contribution < 1.29 is 9.47 Å². The Bertz CT molecular complexity index is 502. The zero-order valence-electron chi connectivity index (χ0n) is 8.32. The first-order valence-electron chi connectivity index (χ1n) is 4.30. The minimum Gasteiger partial charge on any atom is -0.477 e. The fourth-order valence-corrected chi connectivity index (χ4v) is 1.88. The van der Waals surface area contributed by atoms with Crippen LogP contribution in [0.1, 0.15) is 0 Å². The molecule has 0 spiro atoms. The van der Waals surface area contributed by atoms with Crippen LogP contribution in [-0.2, 0) is 0 Å². The lowest BCUT2D eigenvalue weighted by molar-refractivity contribution is 0.334. The second kappa shape index (κ2) is 4.18. The highest BCUT2D eigenvalue weighted by atomic mass is 127. The summed E-state index contributed by atoms with van der Waals surface area (Å²) in [7, 11) is 3.10. The minimum atomic E-state index is 0.409. The standard InChI is InChI=1S/C10H9IN2O2/c1-14-9-10(15-2)13-8-6(11)4-3-5-7(8)12-9/h3-5H,1-2H3. The predicted octanol–water partition coefficient (Wildman–Crippen LogP) is 2.25. The summed E-state index contributed by atoms with van der Waals surface area (Å²) in [4.78, 5) is 8.66. The van der Waals surface area contributed by atoms with E-state index in [0.29, 0.717) is 11.8 Å². The van der Waals surface area contributed by atoms with Crippen molar-refractivity contribution in [2.75, 3.05) is 14.2 Å². The summed E-state index contributed by atoms with van der Waals surface area (Å²) >= 11 is 2.22. The van der Waals surface area contributed by atoms with E-state index in [2.05, 4.69) is 32.6 Å². The van der Waals surface area contributed by atoms with Crippen LogP contribution in [0.3, 0.4) is 0 Å². The molecule has 0 radical (unpaired) electrons. The molecular weight excluding hydrogens is 307 g/mol. The molecule has 0 saturated heterocycles. The number of nitrogens with zero attached hydrogens (tertiary/aromatic N) is 2. The molecule has 0 saturated carbocycles. The molecule has 5 heteroatoms. The van der Waals surface area contributed by atoms with E-state index < -0.39 is 0 Å². The van der Waals surface area contributed by atoms with Crippen molar-refractivity contribution in [2.45, 2.75) is 0 Å². The maximum Gasteiger partial charge on any atom is 0.278 e. The van der Waals surface area contributed by atoms with E-state index in [1.807, 2.05) is 18.2 Å². The molecule has 0 aliphatic carbocycles. The van der Waals surface area contributed by atoms with Gasteiger partial charge in [-0.2, -0.15) is 0 Å². The normalized spacial score (nSPS) is 10.3. The summed E-state index contributed by atoms with van der Waals surface area (Å²) < 4.78 is 11.2. The summed E-state index contributed by atoms with van der Waals surface area (Å²) in [5.41, 5.74) is 1.63. The highest BCUT2D eigenvalue weighted by Gasteiger charge is 2.10. The fourth-order valence-electron chi connectivity index (χ4n) is 1.28. The zero-order valence-corrected chi connectivity index (χ0v) is 10.5. The number of benzene rings is 1. The molecule has 0 aliphatic rings.